The minimum absolute atomic E-state index is 0. The summed E-state index contributed by atoms with van der Waals surface area (Å²) in [5, 5.41) is 17.1. The Morgan fingerprint density at radius 2 is 1.19 bits per heavy atom. The first kappa shape index (κ1) is 38.0. The molecule has 13 nitrogen and oxygen atoms in total. The first-order valence-corrected chi connectivity index (χ1v) is 19.6. The molecule has 4 aliphatic heterocycles. The third-order valence-corrected chi connectivity index (χ3v) is 13.5. The van der Waals surface area contributed by atoms with Gasteiger partial charge in [-0.2, -0.15) is 0 Å². The van der Waals surface area contributed by atoms with Crippen molar-refractivity contribution >= 4 is 52.9 Å². The van der Waals surface area contributed by atoms with Gasteiger partial charge >= 0.3 is 7.05 Å². The van der Waals surface area contributed by atoms with Gasteiger partial charge in [0, 0.05) is 12.1 Å². The van der Waals surface area contributed by atoms with Crippen molar-refractivity contribution in [3.05, 3.63) is 48.0 Å². The Labute approximate surface area is 324 Å². The van der Waals surface area contributed by atoms with Crippen LogP contribution in [0, 0.1) is 11.8 Å². The van der Waals surface area contributed by atoms with E-state index in [1.807, 2.05) is 92.5 Å². The van der Waals surface area contributed by atoms with E-state index in [1.165, 1.54) is 42.6 Å². The molecule has 0 radical (unpaired) electrons. The molecule has 0 spiro atoms. The molecule has 2 aromatic carbocycles. The number of hydrogen-bond donors (Lipinski definition) is 4. The van der Waals surface area contributed by atoms with Crippen LogP contribution in [0.15, 0.2) is 36.4 Å². The van der Waals surface area contributed by atoms with Crippen molar-refractivity contribution in [1.29, 1.82) is 0 Å². The van der Waals surface area contributed by atoms with Gasteiger partial charge in [0.25, 0.3) is 0 Å². The van der Waals surface area contributed by atoms with Gasteiger partial charge in [-0.05, 0) is 149 Å². The fraction of sp³-hybridized carbons (Fsp3) is 0.641. The first-order valence-electron chi connectivity index (χ1n) is 19.6. The third kappa shape index (κ3) is 6.21. The summed E-state index contributed by atoms with van der Waals surface area (Å²) < 4.78 is 0. The van der Waals surface area contributed by atoms with Crippen LogP contribution >= 0.6 is 12.4 Å². The Morgan fingerprint density at radius 1 is 0.685 bits per heavy atom. The summed E-state index contributed by atoms with van der Waals surface area (Å²) in [6.45, 7) is 18.1. The second kappa shape index (κ2) is 13.1. The third-order valence-electron chi connectivity index (χ3n) is 13.5. The zero-order valence-corrected chi connectivity index (χ0v) is 33.8. The van der Waals surface area contributed by atoms with E-state index in [0.717, 1.165) is 57.4 Å². The number of H-pyrrole nitrogens is 2. The number of fused-ring (bicyclic) bond motifs is 6. The van der Waals surface area contributed by atoms with Crippen LogP contribution in [0.1, 0.15) is 118 Å². The number of hydrogen-bond acceptors (Lipinski definition) is 11. The van der Waals surface area contributed by atoms with Crippen molar-refractivity contribution in [2.24, 2.45) is 11.8 Å². The number of aromatic nitrogens is 4. The van der Waals surface area contributed by atoms with Crippen LogP contribution in [0.2, 0.25) is 6.82 Å². The van der Waals surface area contributed by atoms with Gasteiger partial charge < -0.3 is 25.1 Å². The van der Waals surface area contributed by atoms with Gasteiger partial charge in [-0.1, -0.05) is 0 Å². The van der Waals surface area contributed by atoms with E-state index < -0.39 is 29.5 Å². The second-order valence-corrected chi connectivity index (χ2v) is 18.2. The Morgan fingerprint density at radius 3 is 1.67 bits per heavy atom. The van der Waals surface area contributed by atoms with E-state index in [1.54, 1.807) is 0 Å². The molecule has 4 bridgehead atoms. The highest BCUT2D eigenvalue weighted by atomic mass is 35.5. The van der Waals surface area contributed by atoms with Crippen LogP contribution in [-0.2, 0) is 19.4 Å². The zero-order chi connectivity index (χ0) is 37.2. The van der Waals surface area contributed by atoms with Crippen molar-refractivity contribution in [2.75, 3.05) is 10.5 Å². The Bertz CT molecular complexity index is 2000. The fourth-order valence-corrected chi connectivity index (χ4v) is 9.15. The molecule has 2 aromatic heterocycles. The van der Waals surface area contributed by atoms with Gasteiger partial charge in [-0.25, -0.2) is 29.3 Å². The fourth-order valence-electron chi connectivity index (χ4n) is 9.15. The summed E-state index contributed by atoms with van der Waals surface area (Å²) in [6, 6.07) is 13.7. The van der Waals surface area contributed by atoms with Gasteiger partial charge in [0.15, 0.2) is 0 Å². The van der Waals surface area contributed by atoms with Gasteiger partial charge in [-0.15, -0.1) is 22.9 Å². The van der Waals surface area contributed by atoms with Crippen molar-refractivity contribution < 1.29 is 24.4 Å². The maximum atomic E-state index is 10.3. The van der Waals surface area contributed by atoms with Gasteiger partial charge in [-0.3, -0.25) is 0 Å². The maximum Gasteiger partial charge on any atom is 0.377 e. The molecular weight excluding hydrogens is 707 g/mol. The monoisotopic (exact) mass is 762 g/mol. The van der Waals surface area contributed by atoms with Crippen molar-refractivity contribution in [1.82, 2.24) is 30.1 Å². The summed E-state index contributed by atoms with van der Waals surface area (Å²) in [5.41, 5.74) is 3.95. The lowest BCUT2D eigenvalue weighted by molar-refractivity contribution is -0.0277. The van der Waals surface area contributed by atoms with E-state index >= 15 is 0 Å². The minimum Gasteiger partial charge on any atom is -0.437 e. The van der Waals surface area contributed by atoms with E-state index in [2.05, 4.69) is 26.2 Å². The summed E-state index contributed by atoms with van der Waals surface area (Å²) >= 11 is 0. The number of nitrogens with one attached hydrogen (secondary N) is 3. The predicted molar refractivity (Wildman–Crippen MR) is 212 cm³/mol. The first-order chi connectivity index (χ1) is 25.0. The van der Waals surface area contributed by atoms with Crippen molar-refractivity contribution in [3.8, 4) is 0 Å². The normalized spacial score (nSPS) is 31.4. The molecule has 15 heteroatoms. The molecule has 10 rings (SSSR count). The molecule has 6 fully saturated rings. The number of nitrogens with zero attached hydrogens (tertiary/aromatic N) is 5. The van der Waals surface area contributed by atoms with Crippen molar-refractivity contribution in [3.63, 3.8) is 0 Å². The molecule has 54 heavy (non-hydrogen) atoms. The minimum atomic E-state index is -0.458. The lowest BCUT2D eigenvalue weighted by Crippen LogP contribution is -2.44. The maximum absolute atomic E-state index is 10.3. The van der Waals surface area contributed by atoms with E-state index in [4.69, 9.17) is 29.3 Å². The zero-order valence-electron chi connectivity index (χ0n) is 33.0. The van der Waals surface area contributed by atoms with Crippen LogP contribution in [0.5, 0.6) is 0 Å². The molecule has 292 valence electrons. The molecule has 6 heterocycles. The number of benzene rings is 2. The highest BCUT2D eigenvalue weighted by molar-refractivity contribution is 6.45. The number of imidazole rings is 2. The molecule has 0 unspecified atom stereocenters. The molecule has 6 atom stereocenters. The molecule has 4 N–H and O–H groups in total. The average Bonchev–Trinajstić information content (AvgIpc) is 3.95. The summed E-state index contributed by atoms with van der Waals surface area (Å²) in [7, 11) is -0.458. The SMILES string of the molecule is CB(O)N1[C@@H]2CC[C@@H](C2)[C@H]1c1nc2ccc(N3OC(C)(C)C(C)(C)O3)cc2[nH]1.CC1(C)ON(c2ccc3nc([C@H]4N[C@@H]5CC[C@H]4C5)[nH]c3c2)OC1(C)C.Cl. The van der Waals surface area contributed by atoms with Crippen LogP contribution in [-0.4, -0.2) is 71.3 Å². The van der Waals surface area contributed by atoms with Gasteiger partial charge in [0.05, 0.1) is 45.5 Å². The quantitative estimate of drug-likeness (QED) is 0.151. The standard InChI is InChI=1S/C20H29BN4O3.C19H26N4O2.ClH/c1-19(2)20(3,4)28-25(27-19)14-8-9-15-16(11-14)23-18(22-15)17-12-6-7-13(10-12)24(17)21(5)26;1-18(2)19(3,4)25-23(24-18)13-7-8-14-15(10-13)22-17(21-14)16-11-5-6-12(9-11)20-16;/h8-9,11-13,17,26H,6-7,10H2,1-5H3,(H,22,23);7-8,10-12,16,20H,5-6,9H2,1-4H3,(H,21,22);1H/t12-,13+,17-;11-,12+,16-;/m00./s1. The van der Waals surface area contributed by atoms with E-state index in [-0.39, 0.29) is 18.4 Å². The van der Waals surface area contributed by atoms with Crippen LogP contribution < -0.4 is 15.8 Å². The number of piperidine rings is 2. The van der Waals surface area contributed by atoms with Gasteiger partial charge in [0.1, 0.15) is 34.1 Å². The van der Waals surface area contributed by atoms with Crippen LogP contribution in [0.3, 0.4) is 0 Å². The molecule has 4 aromatic rings. The average molecular weight is 763 g/mol. The predicted octanol–water partition coefficient (Wildman–Crippen LogP) is 7.48. The van der Waals surface area contributed by atoms with E-state index in [0.29, 0.717) is 24.0 Å². The number of halogens is 1. The highest BCUT2D eigenvalue weighted by Gasteiger charge is 2.52. The smallest absolute Gasteiger partial charge is 0.377 e. The number of aromatic amines is 2. The lowest BCUT2D eigenvalue weighted by Gasteiger charge is -2.34. The molecule has 2 aliphatic carbocycles. The highest BCUT2D eigenvalue weighted by Crippen LogP contribution is 2.50. The van der Waals surface area contributed by atoms with Crippen LogP contribution in [0.25, 0.3) is 22.1 Å². The summed E-state index contributed by atoms with van der Waals surface area (Å²) in [6.07, 6.45) is 7.43. The topological polar surface area (TPSA) is 136 Å². The van der Waals surface area contributed by atoms with Crippen molar-refractivity contribution in [2.45, 2.75) is 147 Å². The molecular formula is C39H56BClN8O5. The molecule has 0 amide bonds. The number of anilines is 2. The van der Waals surface area contributed by atoms with Crippen LogP contribution in [0.4, 0.5) is 11.4 Å². The number of rotatable bonds is 5. The van der Waals surface area contributed by atoms with E-state index in [9.17, 15) is 5.02 Å². The molecule has 4 saturated heterocycles. The largest absolute Gasteiger partial charge is 0.437 e. The molecule has 2 saturated carbocycles. The summed E-state index contributed by atoms with van der Waals surface area (Å²) in [4.78, 5) is 43.0. The Balaban J connectivity index is 0.000000151. The van der Waals surface area contributed by atoms with Gasteiger partial charge in [0.2, 0.25) is 0 Å². The lowest BCUT2D eigenvalue weighted by atomic mass is 9.79. The Hall–Kier alpha value is -2.95. The summed E-state index contributed by atoms with van der Waals surface area (Å²) in [5.74, 6) is 3.29. The Kier molecular flexibility index (Phi) is 9.18. The molecule has 6 aliphatic rings. The second-order valence-electron chi connectivity index (χ2n) is 18.2.